The van der Waals surface area contributed by atoms with Crippen molar-refractivity contribution in [3.63, 3.8) is 0 Å². The molecule has 0 bridgehead atoms. The second-order valence-corrected chi connectivity index (χ2v) is 3.23. The standard InChI is InChI=1S/C6H4ClF3OS/c7-5-1-3-6(4-2-5)11-12(8,9)10/h1-4H. The summed E-state index contributed by atoms with van der Waals surface area (Å²) in [5.41, 5.74) is 0. The fourth-order valence-electron chi connectivity index (χ4n) is 0.599. The summed E-state index contributed by atoms with van der Waals surface area (Å²) < 4.78 is 38.7. The van der Waals surface area contributed by atoms with Gasteiger partial charge in [-0.15, -0.1) is 0 Å². The summed E-state index contributed by atoms with van der Waals surface area (Å²) in [5, 5.41) is 0.375. The van der Waals surface area contributed by atoms with E-state index in [0.717, 1.165) is 0 Å². The van der Waals surface area contributed by atoms with Crippen LogP contribution in [0.5, 0.6) is 5.75 Å². The molecule has 68 valence electrons. The summed E-state index contributed by atoms with van der Waals surface area (Å²) >= 11 is 0.0198. The molecule has 0 N–H and O–H groups in total. The Morgan fingerprint density at radius 2 is 1.58 bits per heavy atom. The molecule has 0 aliphatic heterocycles. The molecule has 0 aromatic heterocycles. The quantitative estimate of drug-likeness (QED) is 0.724. The molecule has 0 aliphatic rings. The lowest BCUT2D eigenvalue weighted by molar-refractivity contribution is 0.452. The third-order valence-electron chi connectivity index (χ3n) is 1.00. The van der Waals surface area contributed by atoms with Crippen molar-refractivity contribution in [1.29, 1.82) is 0 Å². The van der Waals surface area contributed by atoms with Crippen LogP contribution in [0.25, 0.3) is 0 Å². The van der Waals surface area contributed by atoms with Crippen LogP contribution in [0, 0.1) is 0 Å². The summed E-state index contributed by atoms with van der Waals surface area (Å²) in [6, 6.07) is 5.01. The molecule has 1 aromatic carbocycles. The third kappa shape index (κ3) is 3.23. The first-order valence-corrected chi connectivity index (χ1v) is 4.48. The van der Waals surface area contributed by atoms with Crippen LogP contribution in [0.15, 0.2) is 24.3 Å². The molecule has 6 heteroatoms. The third-order valence-corrected chi connectivity index (χ3v) is 1.64. The number of rotatable bonds is 2. The first-order valence-electron chi connectivity index (χ1n) is 2.84. The number of hydrogen-bond donors (Lipinski definition) is 0. The van der Waals surface area contributed by atoms with E-state index in [4.69, 9.17) is 11.6 Å². The van der Waals surface area contributed by atoms with E-state index < -0.39 is 11.5 Å². The lowest BCUT2D eigenvalue weighted by Crippen LogP contribution is -1.88. The van der Waals surface area contributed by atoms with Crippen LogP contribution in [0.2, 0.25) is 5.02 Å². The summed E-state index contributed by atoms with van der Waals surface area (Å²) in [7, 11) is 0. The second kappa shape index (κ2) is 3.45. The van der Waals surface area contributed by atoms with Gasteiger partial charge in [-0.3, -0.25) is 0 Å². The molecule has 1 rings (SSSR count). The van der Waals surface area contributed by atoms with Gasteiger partial charge < -0.3 is 4.18 Å². The fourth-order valence-corrected chi connectivity index (χ4v) is 1.05. The summed E-state index contributed by atoms with van der Waals surface area (Å²) in [6.07, 6.45) is 0. The molecule has 1 nitrogen and oxygen atoms in total. The Morgan fingerprint density at radius 3 is 2.00 bits per heavy atom. The maximum atomic E-state index is 11.7. The summed E-state index contributed by atoms with van der Waals surface area (Å²) in [6.45, 7) is 0. The Hall–Kier alpha value is -0.550. The lowest BCUT2D eigenvalue weighted by Gasteiger charge is -2.10. The van der Waals surface area contributed by atoms with E-state index in [1.807, 2.05) is 0 Å². The smallest absolute Gasteiger partial charge is 0.373 e. The molecule has 0 amide bonds. The predicted molar refractivity (Wildman–Crippen MR) is 43.0 cm³/mol. The summed E-state index contributed by atoms with van der Waals surface area (Å²) in [4.78, 5) is 0. The normalized spacial score (nSPS) is 12.7. The van der Waals surface area contributed by atoms with Crippen molar-refractivity contribution >= 4 is 23.1 Å². The number of benzene rings is 1. The molecule has 0 spiro atoms. The SMILES string of the molecule is FS(F)(F)Oc1ccc(Cl)cc1. The van der Waals surface area contributed by atoms with Gasteiger partial charge in [0.15, 0.2) is 0 Å². The average molecular weight is 217 g/mol. The maximum absolute atomic E-state index is 11.7. The monoisotopic (exact) mass is 216 g/mol. The van der Waals surface area contributed by atoms with Gasteiger partial charge in [-0.1, -0.05) is 23.3 Å². The Bertz CT molecular complexity index is 258. The molecule has 0 unspecified atom stereocenters. The van der Waals surface area contributed by atoms with Crippen molar-refractivity contribution in [1.82, 2.24) is 0 Å². The fraction of sp³-hybridized carbons (Fsp3) is 0. The van der Waals surface area contributed by atoms with Crippen LogP contribution < -0.4 is 4.18 Å². The van der Waals surface area contributed by atoms with Crippen LogP contribution in [0.1, 0.15) is 0 Å². The molecule has 0 fully saturated rings. The van der Waals surface area contributed by atoms with Gasteiger partial charge in [0.1, 0.15) is 5.75 Å². The Kier molecular flexibility index (Phi) is 2.74. The van der Waals surface area contributed by atoms with Gasteiger partial charge in [0.2, 0.25) is 0 Å². The van der Waals surface area contributed by atoms with Crippen LogP contribution in [0.3, 0.4) is 0 Å². The van der Waals surface area contributed by atoms with Gasteiger partial charge in [0.25, 0.3) is 0 Å². The molecular weight excluding hydrogens is 213 g/mol. The molecule has 0 aliphatic carbocycles. The molecule has 0 saturated carbocycles. The minimum absolute atomic E-state index is 0.234. The van der Waals surface area contributed by atoms with Crippen molar-refractivity contribution in [2.24, 2.45) is 0 Å². The molecule has 0 radical (unpaired) electrons. The lowest BCUT2D eigenvalue weighted by atomic mass is 10.3. The van der Waals surface area contributed by atoms with Crippen LogP contribution in [-0.2, 0) is 0 Å². The zero-order chi connectivity index (χ0) is 9.19. The first kappa shape index (κ1) is 9.54. The van der Waals surface area contributed by atoms with Crippen molar-refractivity contribution in [2.75, 3.05) is 0 Å². The van der Waals surface area contributed by atoms with E-state index in [1.54, 1.807) is 0 Å². The van der Waals surface area contributed by atoms with Crippen LogP contribution in [-0.4, -0.2) is 0 Å². The van der Waals surface area contributed by atoms with Crippen LogP contribution >= 0.6 is 23.1 Å². The highest BCUT2D eigenvalue weighted by atomic mass is 35.5. The van der Waals surface area contributed by atoms with Gasteiger partial charge in [-0.25, -0.2) is 0 Å². The zero-order valence-corrected chi connectivity index (χ0v) is 7.21. The van der Waals surface area contributed by atoms with Gasteiger partial charge in [0, 0.05) is 5.02 Å². The van der Waals surface area contributed by atoms with Crippen molar-refractivity contribution in [3.8, 4) is 5.75 Å². The zero-order valence-electron chi connectivity index (χ0n) is 5.64. The molecular formula is C6H4ClF3OS. The van der Waals surface area contributed by atoms with Crippen molar-refractivity contribution < 1.29 is 15.8 Å². The van der Waals surface area contributed by atoms with Crippen molar-refractivity contribution in [3.05, 3.63) is 29.3 Å². The topological polar surface area (TPSA) is 9.23 Å². The predicted octanol–water partition coefficient (Wildman–Crippen LogP) is 4.09. The van der Waals surface area contributed by atoms with Crippen molar-refractivity contribution in [2.45, 2.75) is 0 Å². The van der Waals surface area contributed by atoms with Gasteiger partial charge in [-0.05, 0) is 24.3 Å². The van der Waals surface area contributed by atoms with Gasteiger partial charge >= 0.3 is 11.5 Å². The second-order valence-electron chi connectivity index (χ2n) is 1.90. The van der Waals surface area contributed by atoms with E-state index >= 15 is 0 Å². The van der Waals surface area contributed by atoms with Crippen LogP contribution in [0.4, 0.5) is 11.7 Å². The molecule has 12 heavy (non-hydrogen) atoms. The molecule has 0 heterocycles. The Balaban J connectivity index is 2.71. The number of hydrogen-bond acceptors (Lipinski definition) is 1. The highest BCUT2D eigenvalue weighted by Gasteiger charge is 2.23. The number of halogens is 4. The average Bonchev–Trinajstić information content (AvgIpc) is 1.91. The van der Waals surface area contributed by atoms with E-state index in [1.165, 1.54) is 24.3 Å². The highest BCUT2D eigenvalue weighted by Crippen LogP contribution is 2.53. The molecule has 0 saturated heterocycles. The van der Waals surface area contributed by atoms with Gasteiger partial charge in [0.05, 0.1) is 0 Å². The Morgan fingerprint density at radius 1 is 1.08 bits per heavy atom. The minimum atomic E-state index is -5.43. The van der Waals surface area contributed by atoms with E-state index in [9.17, 15) is 11.7 Å². The highest BCUT2D eigenvalue weighted by molar-refractivity contribution is 8.17. The summed E-state index contributed by atoms with van der Waals surface area (Å²) in [5.74, 6) is -0.234. The molecule has 0 atom stereocenters. The molecule has 1 aromatic rings. The maximum Gasteiger partial charge on any atom is 0.391 e. The first-order chi connectivity index (χ1) is 5.47. The van der Waals surface area contributed by atoms with Gasteiger partial charge in [-0.2, -0.15) is 0 Å². The Labute approximate surface area is 74.5 Å². The van der Waals surface area contributed by atoms with E-state index in [2.05, 4.69) is 4.18 Å². The largest absolute Gasteiger partial charge is 0.391 e. The van der Waals surface area contributed by atoms with E-state index in [-0.39, 0.29) is 5.75 Å². The van der Waals surface area contributed by atoms with E-state index in [0.29, 0.717) is 5.02 Å². The minimum Gasteiger partial charge on any atom is -0.373 e.